The van der Waals surface area contributed by atoms with Crippen LogP contribution in [0.3, 0.4) is 0 Å². The van der Waals surface area contributed by atoms with Gasteiger partial charge in [-0.05, 0) is 44.7 Å². The Morgan fingerprint density at radius 2 is 2.05 bits per heavy atom. The Morgan fingerprint density at radius 3 is 2.63 bits per heavy atom. The molecule has 1 fully saturated rings. The van der Waals surface area contributed by atoms with Crippen molar-refractivity contribution >= 4 is 29.9 Å². The van der Waals surface area contributed by atoms with Crippen molar-refractivity contribution in [3.8, 4) is 0 Å². The predicted octanol–water partition coefficient (Wildman–Crippen LogP) is 3.14. The van der Waals surface area contributed by atoms with E-state index in [2.05, 4.69) is 54.6 Å². The Hall–Kier alpha value is -0.780. The van der Waals surface area contributed by atoms with Crippen LogP contribution in [0.25, 0.3) is 0 Å². The number of aryl methyl sites for hydroxylation is 2. The SMILES string of the molecule is CCNC(=NCc1ccc(C)cc1C)NC1CC1.I. The van der Waals surface area contributed by atoms with E-state index >= 15 is 0 Å². The quantitative estimate of drug-likeness (QED) is 0.483. The van der Waals surface area contributed by atoms with Crippen molar-refractivity contribution in [2.24, 2.45) is 4.99 Å². The molecule has 0 heterocycles. The third-order valence-corrected chi connectivity index (χ3v) is 3.17. The molecule has 2 N–H and O–H groups in total. The van der Waals surface area contributed by atoms with Gasteiger partial charge in [-0.2, -0.15) is 0 Å². The second-order valence-electron chi connectivity index (χ2n) is 5.04. The van der Waals surface area contributed by atoms with Crippen LogP contribution in [0.2, 0.25) is 0 Å². The van der Waals surface area contributed by atoms with Gasteiger partial charge in [-0.25, -0.2) is 4.99 Å². The molecule has 0 aromatic heterocycles. The Balaban J connectivity index is 0.00000180. The number of halogens is 1. The van der Waals surface area contributed by atoms with E-state index in [1.165, 1.54) is 29.5 Å². The van der Waals surface area contributed by atoms with Gasteiger partial charge in [-0.15, -0.1) is 24.0 Å². The van der Waals surface area contributed by atoms with Crippen LogP contribution in [0.1, 0.15) is 36.5 Å². The lowest BCUT2D eigenvalue weighted by Crippen LogP contribution is -2.38. The van der Waals surface area contributed by atoms with Crippen LogP contribution < -0.4 is 10.6 Å². The average Bonchev–Trinajstić information content (AvgIpc) is 3.12. The molecule has 1 aliphatic rings. The molecule has 3 nitrogen and oxygen atoms in total. The van der Waals surface area contributed by atoms with Crippen molar-refractivity contribution in [3.63, 3.8) is 0 Å². The molecule has 0 radical (unpaired) electrons. The molecule has 0 amide bonds. The number of rotatable bonds is 4. The summed E-state index contributed by atoms with van der Waals surface area (Å²) in [4.78, 5) is 4.65. The molecule has 0 spiro atoms. The largest absolute Gasteiger partial charge is 0.357 e. The third-order valence-electron chi connectivity index (χ3n) is 3.17. The Labute approximate surface area is 133 Å². The fourth-order valence-electron chi connectivity index (χ4n) is 1.93. The number of hydrogen-bond acceptors (Lipinski definition) is 1. The summed E-state index contributed by atoms with van der Waals surface area (Å²) in [7, 11) is 0. The van der Waals surface area contributed by atoms with Crippen LogP contribution in [0.4, 0.5) is 0 Å². The van der Waals surface area contributed by atoms with Gasteiger partial charge in [-0.3, -0.25) is 0 Å². The van der Waals surface area contributed by atoms with Crippen LogP contribution in [-0.2, 0) is 6.54 Å². The number of benzene rings is 1. The maximum absolute atomic E-state index is 4.65. The van der Waals surface area contributed by atoms with Gasteiger partial charge in [0.25, 0.3) is 0 Å². The van der Waals surface area contributed by atoms with Crippen molar-refractivity contribution in [1.82, 2.24) is 10.6 Å². The zero-order chi connectivity index (χ0) is 13.0. The number of aliphatic imine (C=N–C) groups is 1. The first-order valence-electron chi connectivity index (χ1n) is 6.80. The molecule has 4 heteroatoms. The van der Waals surface area contributed by atoms with Gasteiger partial charge in [0.2, 0.25) is 0 Å². The number of hydrogen-bond donors (Lipinski definition) is 2. The summed E-state index contributed by atoms with van der Waals surface area (Å²) in [6.07, 6.45) is 2.54. The third kappa shape index (κ3) is 5.38. The smallest absolute Gasteiger partial charge is 0.191 e. The highest BCUT2D eigenvalue weighted by atomic mass is 127. The monoisotopic (exact) mass is 373 g/mol. The fraction of sp³-hybridized carbons (Fsp3) is 0.533. The maximum atomic E-state index is 4.65. The van der Waals surface area contributed by atoms with Gasteiger partial charge in [0.15, 0.2) is 5.96 Å². The van der Waals surface area contributed by atoms with E-state index in [-0.39, 0.29) is 24.0 Å². The first-order chi connectivity index (χ1) is 8.69. The Bertz CT molecular complexity index is 439. The van der Waals surface area contributed by atoms with Gasteiger partial charge >= 0.3 is 0 Å². The van der Waals surface area contributed by atoms with Gasteiger partial charge < -0.3 is 10.6 Å². The first kappa shape index (κ1) is 16.3. The molecule has 0 aliphatic heterocycles. The van der Waals surface area contributed by atoms with Gasteiger partial charge in [0, 0.05) is 12.6 Å². The molecule has 0 saturated heterocycles. The van der Waals surface area contributed by atoms with Crippen LogP contribution >= 0.6 is 24.0 Å². The molecule has 1 aromatic carbocycles. The summed E-state index contributed by atoms with van der Waals surface area (Å²) in [6, 6.07) is 7.18. The highest BCUT2D eigenvalue weighted by molar-refractivity contribution is 14.0. The second kappa shape index (κ2) is 7.72. The van der Waals surface area contributed by atoms with Gasteiger partial charge in [-0.1, -0.05) is 23.8 Å². The Morgan fingerprint density at radius 1 is 1.32 bits per heavy atom. The molecule has 1 aromatic rings. The van der Waals surface area contributed by atoms with Crippen molar-refractivity contribution < 1.29 is 0 Å². The molecule has 1 saturated carbocycles. The lowest BCUT2D eigenvalue weighted by molar-refractivity contribution is 0.811. The highest BCUT2D eigenvalue weighted by Crippen LogP contribution is 2.18. The molecule has 0 atom stereocenters. The second-order valence-corrected chi connectivity index (χ2v) is 5.04. The van der Waals surface area contributed by atoms with E-state index in [1.54, 1.807) is 0 Å². The van der Waals surface area contributed by atoms with E-state index in [9.17, 15) is 0 Å². The first-order valence-corrected chi connectivity index (χ1v) is 6.80. The minimum atomic E-state index is 0. The van der Waals surface area contributed by atoms with Crippen LogP contribution in [0, 0.1) is 13.8 Å². The molecular formula is C15H24IN3. The van der Waals surface area contributed by atoms with Crippen molar-refractivity contribution in [1.29, 1.82) is 0 Å². The molecule has 2 rings (SSSR count). The predicted molar refractivity (Wildman–Crippen MR) is 92.3 cm³/mol. The lowest BCUT2D eigenvalue weighted by atomic mass is 10.1. The normalized spacial score (nSPS) is 14.8. The van der Waals surface area contributed by atoms with Gasteiger partial charge in [0.1, 0.15) is 0 Å². The molecule has 1 aliphatic carbocycles. The number of guanidine groups is 1. The summed E-state index contributed by atoms with van der Waals surface area (Å²) in [5, 5.41) is 6.73. The summed E-state index contributed by atoms with van der Waals surface area (Å²) in [5.74, 6) is 0.944. The van der Waals surface area contributed by atoms with E-state index in [4.69, 9.17) is 0 Å². The summed E-state index contributed by atoms with van der Waals surface area (Å²) in [5.41, 5.74) is 3.93. The van der Waals surface area contributed by atoms with Crippen molar-refractivity contribution in [2.75, 3.05) is 6.54 Å². The topological polar surface area (TPSA) is 36.4 Å². The number of nitrogens with zero attached hydrogens (tertiary/aromatic N) is 1. The van der Waals surface area contributed by atoms with E-state index < -0.39 is 0 Å². The van der Waals surface area contributed by atoms with Crippen LogP contribution in [0.5, 0.6) is 0 Å². The van der Waals surface area contributed by atoms with Gasteiger partial charge in [0.05, 0.1) is 6.54 Å². The van der Waals surface area contributed by atoms with Crippen molar-refractivity contribution in [3.05, 3.63) is 34.9 Å². The van der Waals surface area contributed by atoms with E-state index in [1.807, 2.05) is 0 Å². The minimum absolute atomic E-state index is 0. The van der Waals surface area contributed by atoms with Crippen LogP contribution in [0.15, 0.2) is 23.2 Å². The standard InChI is InChI=1S/C15H23N3.HI/c1-4-16-15(18-14-7-8-14)17-10-13-6-5-11(2)9-12(13)3;/h5-6,9,14H,4,7-8,10H2,1-3H3,(H2,16,17,18);1H. The van der Waals surface area contributed by atoms with E-state index in [0.717, 1.165) is 19.0 Å². The summed E-state index contributed by atoms with van der Waals surface area (Å²) >= 11 is 0. The maximum Gasteiger partial charge on any atom is 0.191 e. The summed E-state index contributed by atoms with van der Waals surface area (Å²) in [6.45, 7) is 8.03. The molecule has 19 heavy (non-hydrogen) atoms. The molecule has 106 valence electrons. The molecular weight excluding hydrogens is 349 g/mol. The summed E-state index contributed by atoms with van der Waals surface area (Å²) < 4.78 is 0. The number of nitrogens with one attached hydrogen (secondary N) is 2. The van der Waals surface area contributed by atoms with Crippen molar-refractivity contribution in [2.45, 2.75) is 46.2 Å². The fourth-order valence-corrected chi connectivity index (χ4v) is 1.93. The zero-order valence-corrected chi connectivity index (χ0v) is 14.3. The molecule has 0 bridgehead atoms. The zero-order valence-electron chi connectivity index (χ0n) is 12.0. The van der Waals surface area contributed by atoms with Crippen LogP contribution in [-0.4, -0.2) is 18.5 Å². The highest BCUT2D eigenvalue weighted by Gasteiger charge is 2.21. The van der Waals surface area contributed by atoms with E-state index in [0.29, 0.717) is 6.04 Å². The Kier molecular flexibility index (Phi) is 6.62. The minimum Gasteiger partial charge on any atom is -0.357 e. The lowest BCUT2D eigenvalue weighted by Gasteiger charge is -2.11. The average molecular weight is 373 g/mol. The molecule has 0 unspecified atom stereocenters.